The van der Waals surface area contributed by atoms with Crippen molar-refractivity contribution in [3.63, 3.8) is 0 Å². The molecule has 1 aromatic heterocycles. The number of rotatable bonds is 15. The second kappa shape index (κ2) is 14.5. The molecule has 0 aliphatic heterocycles. The summed E-state index contributed by atoms with van der Waals surface area (Å²) in [4.78, 5) is 8.69. The van der Waals surface area contributed by atoms with Crippen LogP contribution in [0.2, 0.25) is 0 Å². The highest BCUT2D eigenvalue weighted by molar-refractivity contribution is 7.32. The first-order valence-corrected chi connectivity index (χ1v) is 14.1. The van der Waals surface area contributed by atoms with Crippen LogP contribution >= 0.6 is 8.25 Å². The number of nitrogens with one attached hydrogen (secondary N) is 2. The highest BCUT2D eigenvalue weighted by Gasteiger charge is 2.33. The van der Waals surface area contributed by atoms with Gasteiger partial charge in [0.2, 0.25) is 0 Å². The topological polar surface area (TPSA) is 83.7 Å². The van der Waals surface area contributed by atoms with Crippen LogP contribution in [0.25, 0.3) is 11.3 Å². The lowest BCUT2D eigenvalue weighted by Crippen LogP contribution is -2.16. The first-order chi connectivity index (χ1) is 18.1. The summed E-state index contributed by atoms with van der Waals surface area (Å²) in [6.07, 6.45) is -0.528. The minimum atomic E-state index is -4.36. The van der Waals surface area contributed by atoms with E-state index in [2.05, 4.69) is 15.2 Å². The molecule has 1 atom stereocenters. The van der Waals surface area contributed by atoms with Gasteiger partial charge in [-0.2, -0.15) is 13.2 Å². The maximum atomic E-state index is 13.6. The lowest BCUT2D eigenvalue weighted by atomic mass is 9.94. The molecule has 0 saturated heterocycles. The molecule has 6 nitrogen and oxygen atoms in total. The van der Waals surface area contributed by atoms with Gasteiger partial charge in [0.25, 0.3) is 0 Å². The van der Waals surface area contributed by atoms with Crippen LogP contribution in [0.15, 0.2) is 59.2 Å². The Morgan fingerprint density at radius 1 is 1.05 bits per heavy atom. The zero-order valence-corrected chi connectivity index (χ0v) is 22.7. The smallest absolute Gasteiger partial charge is 0.416 e. The van der Waals surface area contributed by atoms with Gasteiger partial charge in [-0.25, -0.2) is 0 Å². The molecule has 208 valence electrons. The Kier molecular flexibility index (Phi) is 11.5. The van der Waals surface area contributed by atoms with Gasteiger partial charge in [0.15, 0.2) is 0 Å². The Morgan fingerprint density at radius 3 is 2.53 bits per heavy atom. The zero-order chi connectivity index (χ0) is 27.5. The number of aryl methyl sites for hydroxylation is 1. The Balaban J connectivity index is 1.58. The minimum Gasteiger partial charge on any atom is -0.464 e. The van der Waals surface area contributed by atoms with E-state index in [1.807, 2.05) is 44.2 Å². The Labute approximate surface area is 222 Å². The van der Waals surface area contributed by atoms with Crippen LogP contribution in [0.3, 0.4) is 0 Å². The van der Waals surface area contributed by atoms with E-state index in [9.17, 15) is 17.7 Å². The summed E-state index contributed by atoms with van der Waals surface area (Å²) in [5.74, 6) is 0.864. The van der Waals surface area contributed by atoms with Gasteiger partial charge in [-0.3, -0.25) is 4.57 Å². The summed E-state index contributed by atoms with van der Waals surface area (Å²) >= 11 is 0. The molecule has 2 aromatic carbocycles. The average Bonchev–Trinajstić information content (AvgIpc) is 3.39. The number of anilines is 1. The van der Waals surface area contributed by atoms with Crippen molar-refractivity contribution in [1.82, 2.24) is 5.32 Å². The molecule has 0 aliphatic rings. The van der Waals surface area contributed by atoms with Crippen LogP contribution in [0.5, 0.6) is 0 Å². The Morgan fingerprint density at radius 2 is 1.84 bits per heavy atom. The molecule has 3 N–H and O–H groups in total. The lowest BCUT2D eigenvalue weighted by Gasteiger charge is -2.16. The van der Waals surface area contributed by atoms with Gasteiger partial charge in [-0.1, -0.05) is 32.0 Å². The van der Waals surface area contributed by atoms with Gasteiger partial charge in [0.1, 0.15) is 5.76 Å². The fourth-order valence-electron chi connectivity index (χ4n) is 4.26. The minimum absolute atomic E-state index is 0.150. The van der Waals surface area contributed by atoms with E-state index in [1.54, 1.807) is 18.4 Å². The van der Waals surface area contributed by atoms with Crippen molar-refractivity contribution in [2.45, 2.75) is 52.3 Å². The Hall–Kier alpha value is -2.58. The van der Waals surface area contributed by atoms with E-state index in [4.69, 9.17) is 9.31 Å². The van der Waals surface area contributed by atoms with Crippen molar-refractivity contribution in [3.8, 4) is 11.3 Å². The molecule has 3 rings (SSSR count). The Bertz CT molecular complexity index is 1170. The van der Waals surface area contributed by atoms with E-state index < -0.39 is 20.0 Å². The van der Waals surface area contributed by atoms with Crippen molar-refractivity contribution in [1.29, 1.82) is 0 Å². The number of benzene rings is 2. The molecular weight excluding hydrogens is 516 g/mol. The van der Waals surface area contributed by atoms with E-state index in [1.165, 1.54) is 6.07 Å². The first-order valence-electron chi connectivity index (χ1n) is 12.8. The number of halogens is 3. The summed E-state index contributed by atoms with van der Waals surface area (Å²) in [6, 6.07) is 14.4. The largest absolute Gasteiger partial charge is 0.464 e. The van der Waals surface area contributed by atoms with Gasteiger partial charge in [-0.15, -0.1) is 0 Å². The van der Waals surface area contributed by atoms with E-state index >= 15 is 0 Å². The van der Waals surface area contributed by atoms with Crippen molar-refractivity contribution in [3.05, 3.63) is 77.0 Å². The SMILES string of the molecule is CC(C)Cc1ccc(CCCNc2ccc(CNCCCO[PH](=O)O)cc2-c2ccco2)cc1C(F)(F)F. The predicted octanol–water partition coefficient (Wildman–Crippen LogP) is 7.09. The number of hydrogen-bond donors (Lipinski definition) is 3. The molecule has 38 heavy (non-hydrogen) atoms. The molecule has 0 amide bonds. The number of alkyl halides is 3. The normalized spacial score (nSPS) is 12.7. The van der Waals surface area contributed by atoms with Crippen LogP contribution < -0.4 is 10.6 Å². The second-order valence-electron chi connectivity index (χ2n) is 9.62. The summed E-state index contributed by atoms with van der Waals surface area (Å²) in [5, 5.41) is 6.69. The predicted molar refractivity (Wildman–Crippen MR) is 144 cm³/mol. The third-order valence-electron chi connectivity index (χ3n) is 5.99. The van der Waals surface area contributed by atoms with Crippen LogP contribution in [-0.2, 0) is 34.7 Å². The van der Waals surface area contributed by atoms with Crippen molar-refractivity contribution in [2.75, 3.05) is 25.0 Å². The molecular formula is C28H36F3N2O4P. The van der Waals surface area contributed by atoms with E-state index in [0.717, 1.165) is 16.8 Å². The third-order valence-corrected chi connectivity index (χ3v) is 6.44. The maximum Gasteiger partial charge on any atom is 0.416 e. The monoisotopic (exact) mass is 552 g/mol. The molecule has 0 spiro atoms. The molecule has 3 aromatic rings. The van der Waals surface area contributed by atoms with Crippen LogP contribution in [0.4, 0.5) is 18.9 Å². The lowest BCUT2D eigenvalue weighted by molar-refractivity contribution is -0.138. The average molecular weight is 553 g/mol. The number of hydrogen-bond acceptors (Lipinski definition) is 5. The molecule has 0 aliphatic carbocycles. The fourth-order valence-corrected chi connectivity index (χ4v) is 4.58. The molecule has 0 saturated carbocycles. The van der Waals surface area contributed by atoms with Crippen molar-refractivity contribution < 1.29 is 31.6 Å². The second-order valence-corrected chi connectivity index (χ2v) is 10.4. The maximum absolute atomic E-state index is 13.6. The molecule has 0 bridgehead atoms. The van der Waals surface area contributed by atoms with Crippen LogP contribution in [-0.4, -0.2) is 24.6 Å². The zero-order valence-electron chi connectivity index (χ0n) is 21.7. The third kappa shape index (κ3) is 9.62. The first kappa shape index (κ1) is 30.0. The fraction of sp³-hybridized carbons (Fsp3) is 0.429. The molecule has 0 fully saturated rings. The van der Waals surface area contributed by atoms with Gasteiger partial charge < -0.3 is 24.5 Å². The van der Waals surface area contributed by atoms with Crippen LogP contribution in [0, 0.1) is 5.92 Å². The summed E-state index contributed by atoms with van der Waals surface area (Å²) in [7, 11) is -2.89. The van der Waals surface area contributed by atoms with Crippen molar-refractivity contribution in [2.24, 2.45) is 5.92 Å². The summed E-state index contributed by atoms with van der Waals surface area (Å²) < 4.78 is 61.7. The molecule has 1 heterocycles. The van der Waals surface area contributed by atoms with E-state index in [0.29, 0.717) is 62.2 Å². The summed E-state index contributed by atoms with van der Waals surface area (Å²) in [6.45, 7) is 5.90. The molecule has 0 radical (unpaired) electrons. The molecule has 10 heteroatoms. The highest BCUT2D eigenvalue weighted by atomic mass is 31.1. The molecule has 1 unspecified atom stereocenters. The van der Waals surface area contributed by atoms with Gasteiger partial charge >= 0.3 is 14.4 Å². The standard InChI is InChI=1S/C28H36F3N2O4P/c1-20(2)16-23-10-8-21(18-25(23)28(29,30)31)6-3-13-33-26-11-9-22(17-24(26)27-7-4-14-36-27)19-32-12-5-15-37-38(34)35/h4,7-11,14,17-18,20,32-33,38H,3,5-6,12-13,15-16,19H2,1-2H3,(H,34,35). The number of furan rings is 1. The quantitative estimate of drug-likeness (QED) is 0.138. The summed E-state index contributed by atoms with van der Waals surface area (Å²) in [5.41, 5.74) is 3.32. The van der Waals surface area contributed by atoms with Gasteiger partial charge in [0.05, 0.1) is 18.4 Å². The van der Waals surface area contributed by atoms with Crippen LogP contribution in [0.1, 0.15) is 48.9 Å². The van der Waals surface area contributed by atoms with Crippen molar-refractivity contribution >= 4 is 13.9 Å². The van der Waals surface area contributed by atoms with Gasteiger partial charge in [0, 0.05) is 24.3 Å². The van der Waals surface area contributed by atoms with E-state index in [-0.39, 0.29) is 12.5 Å². The highest BCUT2D eigenvalue weighted by Crippen LogP contribution is 2.34. The van der Waals surface area contributed by atoms with Gasteiger partial charge in [-0.05, 0) is 85.2 Å².